The summed E-state index contributed by atoms with van der Waals surface area (Å²) < 4.78 is 58.9. The summed E-state index contributed by atoms with van der Waals surface area (Å²) in [6.07, 6.45) is -1.25. The summed E-state index contributed by atoms with van der Waals surface area (Å²) in [6.45, 7) is 9.35. The molecule has 4 unspecified atom stereocenters. The lowest BCUT2D eigenvalue weighted by Crippen LogP contribution is -2.50. The average Bonchev–Trinajstić information content (AvgIpc) is 2.49. The van der Waals surface area contributed by atoms with Gasteiger partial charge in [-0.2, -0.15) is 13.2 Å². The average molecular weight is 337 g/mol. The molecule has 1 fully saturated rings. The van der Waals surface area contributed by atoms with Crippen LogP contribution in [-0.2, 0) is 4.74 Å². The highest BCUT2D eigenvalue weighted by atomic mass is 19.4. The van der Waals surface area contributed by atoms with Crippen LogP contribution in [0.5, 0.6) is 0 Å². The summed E-state index contributed by atoms with van der Waals surface area (Å²) >= 11 is 0. The molecular formula is C17H27F4NO. The van der Waals surface area contributed by atoms with Crippen LogP contribution in [0.3, 0.4) is 0 Å². The van der Waals surface area contributed by atoms with Gasteiger partial charge in [0.25, 0.3) is 0 Å². The van der Waals surface area contributed by atoms with E-state index >= 15 is 0 Å². The largest absolute Gasteiger partial charge is 0.393 e. The maximum Gasteiger partial charge on any atom is 0.393 e. The molecule has 0 N–H and O–H groups in total. The van der Waals surface area contributed by atoms with Crippen LogP contribution in [0, 0.1) is 17.8 Å². The third kappa shape index (κ3) is 5.05. The van der Waals surface area contributed by atoms with E-state index in [1.165, 1.54) is 19.3 Å². The maximum atomic E-state index is 14.3. The van der Waals surface area contributed by atoms with E-state index in [0.717, 1.165) is 0 Å². The molecule has 0 aromatic carbocycles. The molecule has 2 nitrogen and oxygen atoms in total. The molecule has 0 amide bonds. The fraction of sp³-hybridized carbons (Fsp3) is 0.765. The Morgan fingerprint density at radius 3 is 2.43 bits per heavy atom. The molecule has 1 saturated heterocycles. The van der Waals surface area contributed by atoms with Gasteiger partial charge in [0.15, 0.2) is 0 Å². The first-order valence-corrected chi connectivity index (χ1v) is 7.86. The predicted molar refractivity (Wildman–Crippen MR) is 83.7 cm³/mol. The monoisotopic (exact) mass is 337 g/mol. The highest BCUT2D eigenvalue weighted by molar-refractivity contribution is 5.12. The zero-order valence-corrected chi connectivity index (χ0v) is 14.3. The van der Waals surface area contributed by atoms with Gasteiger partial charge >= 0.3 is 6.18 Å². The maximum absolute atomic E-state index is 14.3. The first-order valence-electron chi connectivity index (χ1n) is 7.86. The number of likely N-dealkylation sites (tertiary alicyclic amines) is 1. The Bertz CT molecular complexity index is 435. The Kier molecular flexibility index (Phi) is 6.83. The summed E-state index contributed by atoms with van der Waals surface area (Å²) in [7, 11) is 1.45. The third-order valence-electron chi connectivity index (χ3n) is 4.78. The van der Waals surface area contributed by atoms with Crippen molar-refractivity contribution in [2.75, 3.05) is 26.7 Å². The smallest absolute Gasteiger partial charge is 0.374 e. The molecule has 23 heavy (non-hydrogen) atoms. The van der Waals surface area contributed by atoms with E-state index in [-0.39, 0.29) is 25.4 Å². The second-order valence-corrected chi connectivity index (χ2v) is 6.62. The third-order valence-corrected chi connectivity index (χ3v) is 4.78. The van der Waals surface area contributed by atoms with Crippen molar-refractivity contribution in [1.82, 2.24) is 4.90 Å². The Balaban J connectivity index is 2.97. The van der Waals surface area contributed by atoms with Gasteiger partial charge in [-0.15, -0.1) is 6.58 Å². The van der Waals surface area contributed by atoms with Gasteiger partial charge in [-0.05, 0) is 26.2 Å². The van der Waals surface area contributed by atoms with Gasteiger partial charge in [-0.3, -0.25) is 0 Å². The molecule has 0 aliphatic carbocycles. The van der Waals surface area contributed by atoms with Crippen molar-refractivity contribution in [1.29, 1.82) is 0 Å². The van der Waals surface area contributed by atoms with E-state index in [0.29, 0.717) is 6.54 Å². The van der Waals surface area contributed by atoms with Crippen LogP contribution < -0.4 is 0 Å². The number of rotatable bonds is 6. The van der Waals surface area contributed by atoms with E-state index in [2.05, 4.69) is 6.58 Å². The zero-order valence-electron chi connectivity index (χ0n) is 14.3. The molecule has 1 aliphatic heterocycles. The first-order chi connectivity index (χ1) is 10.6. The van der Waals surface area contributed by atoms with Crippen molar-refractivity contribution in [3.63, 3.8) is 0 Å². The Morgan fingerprint density at radius 2 is 2.00 bits per heavy atom. The lowest BCUT2D eigenvalue weighted by atomic mass is 9.84. The summed E-state index contributed by atoms with van der Waals surface area (Å²) in [5.41, 5.74) is -0.967. The topological polar surface area (TPSA) is 12.5 Å². The van der Waals surface area contributed by atoms with Gasteiger partial charge in [0.2, 0.25) is 0 Å². The van der Waals surface area contributed by atoms with Crippen molar-refractivity contribution < 1.29 is 22.3 Å². The number of hydrogen-bond donors (Lipinski definition) is 0. The van der Waals surface area contributed by atoms with Crippen molar-refractivity contribution in [3.8, 4) is 0 Å². The van der Waals surface area contributed by atoms with Gasteiger partial charge in [-0.25, -0.2) is 4.39 Å². The quantitative estimate of drug-likeness (QED) is 0.519. The van der Waals surface area contributed by atoms with Crippen LogP contribution >= 0.6 is 0 Å². The summed E-state index contributed by atoms with van der Waals surface area (Å²) in [4.78, 5) is 1.70. The lowest BCUT2D eigenvalue weighted by molar-refractivity contribution is -0.192. The number of alkyl halides is 3. The molecule has 1 heterocycles. The SMILES string of the molecule is C=CC(C)(OC)C(CN1CC(C)CC(C(F)(F)F)C1)/C(F)=C\C. The van der Waals surface area contributed by atoms with Gasteiger partial charge in [0.05, 0.1) is 17.4 Å². The Hall–Kier alpha value is -0.880. The highest BCUT2D eigenvalue weighted by Crippen LogP contribution is 2.37. The molecular weight excluding hydrogens is 310 g/mol. The molecule has 0 spiro atoms. The van der Waals surface area contributed by atoms with Crippen LogP contribution in [0.1, 0.15) is 27.2 Å². The second kappa shape index (κ2) is 7.79. The number of piperidine rings is 1. The minimum Gasteiger partial charge on any atom is -0.374 e. The van der Waals surface area contributed by atoms with Crippen molar-refractivity contribution >= 4 is 0 Å². The number of nitrogens with zero attached hydrogens (tertiary/aromatic N) is 1. The Morgan fingerprint density at radius 1 is 1.39 bits per heavy atom. The summed E-state index contributed by atoms with van der Waals surface area (Å²) in [5.74, 6) is -2.52. The molecule has 134 valence electrons. The van der Waals surface area contributed by atoms with Crippen molar-refractivity contribution in [2.45, 2.75) is 39.0 Å². The van der Waals surface area contributed by atoms with Crippen LogP contribution in [-0.4, -0.2) is 43.4 Å². The number of methoxy groups -OCH3 is 1. The molecule has 0 radical (unpaired) electrons. The molecule has 4 atom stereocenters. The fourth-order valence-corrected chi connectivity index (χ4v) is 3.22. The molecule has 0 saturated carbocycles. The van der Waals surface area contributed by atoms with Gasteiger partial charge < -0.3 is 9.64 Å². The molecule has 0 aromatic rings. The molecule has 6 heteroatoms. The van der Waals surface area contributed by atoms with Crippen LogP contribution in [0.15, 0.2) is 24.6 Å². The lowest BCUT2D eigenvalue weighted by Gasteiger charge is -2.41. The van der Waals surface area contributed by atoms with Gasteiger partial charge in [0.1, 0.15) is 5.83 Å². The number of hydrogen-bond acceptors (Lipinski definition) is 2. The molecule has 0 aromatic heterocycles. The van der Waals surface area contributed by atoms with E-state index in [9.17, 15) is 17.6 Å². The number of allylic oxidation sites excluding steroid dienone is 1. The minimum atomic E-state index is -4.22. The molecule has 0 bridgehead atoms. The highest BCUT2D eigenvalue weighted by Gasteiger charge is 2.45. The second-order valence-electron chi connectivity index (χ2n) is 6.62. The molecule has 1 rings (SSSR count). The van der Waals surface area contributed by atoms with E-state index in [1.54, 1.807) is 25.7 Å². The zero-order chi connectivity index (χ0) is 17.8. The van der Waals surface area contributed by atoms with Crippen molar-refractivity contribution in [2.24, 2.45) is 17.8 Å². The van der Waals surface area contributed by atoms with Crippen LogP contribution in [0.2, 0.25) is 0 Å². The van der Waals surface area contributed by atoms with E-state index in [4.69, 9.17) is 4.74 Å². The minimum absolute atomic E-state index is 0.0813. The van der Waals surface area contributed by atoms with Gasteiger partial charge in [0, 0.05) is 26.7 Å². The van der Waals surface area contributed by atoms with Gasteiger partial charge in [-0.1, -0.05) is 19.1 Å². The van der Waals surface area contributed by atoms with Crippen LogP contribution in [0.4, 0.5) is 17.6 Å². The first kappa shape index (κ1) is 20.2. The summed E-state index contributed by atoms with van der Waals surface area (Å²) in [5, 5.41) is 0. The predicted octanol–water partition coefficient (Wildman–Crippen LogP) is 4.59. The number of halogens is 4. The molecule has 1 aliphatic rings. The van der Waals surface area contributed by atoms with Crippen LogP contribution in [0.25, 0.3) is 0 Å². The van der Waals surface area contributed by atoms with E-state index in [1.807, 2.05) is 0 Å². The standard InChI is InChI=1S/C17H27F4NO/c1-6-15(18)14(16(4,7-2)23-5)11-22-9-12(3)8-13(10-22)17(19,20)21/h6-7,12-14H,2,8-11H2,1,3-5H3/b15-6+. The number of ether oxygens (including phenoxy) is 1. The normalized spacial score (nSPS) is 28.3. The van der Waals surface area contributed by atoms with E-state index < -0.39 is 29.4 Å². The Labute approximate surface area is 136 Å². The summed E-state index contributed by atoms with van der Waals surface area (Å²) in [6, 6.07) is 0. The fourth-order valence-electron chi connectivity index (χ4n) is 3.22. The van der Waals surface area contributed by atoms with Crippen molar-refractivity contribution in [3.05, 3.63) is 24.6 Å².